The molecule has 18 heavy (non-hydrogen) atoms. The van der Waals surface area contributed by atoms with Gasteiger partial charge in [-0.15, -0.1) is 0 Å². The smallest absolute Gasteiger partial charge is 0.229 e. The molecule has 0 aliphatic rings. The average Bonchev–Trinajstić information content (AvgIpc) is 2.61. The molecule has 0 spiro atoms. The summed E-state index contributed by atoms with van der Waals surface area (Å²) in [7, 11) is 1.82. The third-order valence-electron chi connectivity index (χ3n) is 2.88. The first-order valence-corrected chi connectivity index (χ1v) is 5.91. The van der Waals surface area contributed by atoms with Crippen molar-refractivity contribution in [2.75, 3.05) is 5.32 Å². The molecule has 1 aromatic carbocycles. The minimum Gasteiger partial charge on any atom is -0.311 e. The van der Waals surface area contributed by atoms with E-state index in [1.165, 1.54) is 0 Å². The lowest BCUT2D eigenvalue weighted by atomic mass is 10.1. The highest BCUT2D eigenvalue weighted by Gasteiger charge is 2.08. The maximum absolute atomic E-state index is 11.9. The lowest BCUT2D eigenvalue weighted by molar-refractivity contribution is -0.115. The maximum Gasteiger partial charge on any atom is 0.229 e. The Balaban J connectivity index is 2.06. The minimum absolute atomic E-state index is 0.0210. The highest BCUT2D eigenvalue weighted by Crippen LogP contribution is 2.11. The Labute approximate surface area is 107 Å². The Morgan fingerprint density at radius 1 is 1.33 bits per heavy atom. The molecule has 2 rings (SSSR count). The quantitative estimate of drug-likeness (QED) is 0.898. The Bertz CT molecular complexity index is 572. The molecule has 0 aliphatic carbocycles. The molecule has 0 saturated carbocycles. The van der Waals surface area contributed by atoms with Crippen LogP contribution in [0, 0.1) is 13.8 Å². The second-order valence-electron chi connectivity index (χ2n) is 4.45. The number of nitrogens with zero attached hydrogens (tertiary/aromatic N) is 2. The van der Waals surface area contributed by atoms with Gasteiger partial charge in [0, 0.05) is 13.1 Å². The molecule has 0 fully saturated rings. The first-order chi connectivity index (χ1) is 8.56. The van der Waals surface area contributed by atoms with Crippen molar-refractivity contribution in [1.82, 2.24) is 9.78 Å². The molecular formula is C14H17N3O. The number of nitrogens with one attached hydrogen (secondary N) is 1. The molecule has 0 saturated heterocycles. The van der Waals surface area contributed by atoms with Crippen LogP contribution in [0.25, 0.3) is 0 Å². The van der Waals surface area contributed by atoms with Crippen molar-refractivity contribution in [3.63, 3.8) is 0 Å². The second-order valence-corrected chi connectivity index (χ2v) is 4.45. The topological polar surface area (TPSA) is 46.9 Å². The van der Waals surface area contributed by atoms with Crippen molar-refractivity contribution in [1.29, 1.82) is 0 Å². The van der Waals surface area contributed by atoms with E-state index in [0.29, 0.717) is 6.42 Å². The third kappa shape index (κ3) is 2.77. The summed E-state index contributed by atoms with van der Waals surface area (Å²) in [6.45, 7) is 3.91. The number of aromatic nitrogens is 2. The predicted molar refractivity (Wildman–Crippen MR) is 71.5 cm³/mol. The second kappa shape index (κ2) is 5.04. The summed E-state index contributed by atoms with van der Waals surface area (Å²) in [6.07, 6.45) is 0.386. The molecule has 4 heteroatoms. The van der Waals surface area contributed by atoms with Gasteiger partial charge in [0.15, 0.2) is 0 Å². The summed E-state index contributed by atoms with van der Waals surface area (Å²) in [4.78, 5) is 11.9. The molecule has 0 radical (unpaired) electrons. The van der Waals surface area contributed by atoms with Crippen molar-refractivity contribution in [3.8, 4) is 0 Å². The Morgan fingerprint density at radius 3 is 2.67 bits per heavy atom. The molecule has 1 heterocycles. The first kappa shape index (κ1) is 12.4. The van der Waals surface area contributed by atoms with Crippen LogP contribution in [0.1, 0.15) is 16.8 Å². The van der Waals surface area contributed by atoms with Gasteiger partial charge in [-0.3, -0.25) is 9.48 Å². The van der Waals surface area contributed by atoms with Gasteiger partial charge in [0.2, 0.25) is 5.91 Å². The standard InChI is InChI=1S/C14H17N3O/c1-10-6-4-5-7-12(10)9-14(18)15-13-8-11(2)16-17(13)3/h4-8H,9H2,1-3H3,(H,15,18). The summed E-state index contributed by atoms with van der Waals surface area (Å²) in [5, 5.41) is 7.06. The average molecular weight is 243 g/mol. The van der Waals surface area contributed by atoms with Crippen LogP contribution in [0.5, 0.6) is 0 Å². The Morgan fingerprint density at radius 2 is 2.06 bits per heavy atom. The fraction of sp³-hybridized carbons (Fsp3) is 0.286. The van der Waals surface area contributed by atoms with Gasteiger partial charge in [-0.1, -0.05) is 24.3 Å². The summed E-state index contributed by atoms with van der Waals surface area (Å²) >= 11 is 0. The van der Waals surface area contributed by atoms with Crippen LogP contribution in [0.2, 0.25) is 0 Å². The molecule has 1 N–H and O–H groups in total. The Kier molecular flexibility index (Phi) is 3.46. The number of rotatable bonds is 3. The summed E-state index contributed by atoms with van der Waals surface area (Å²) < 4.78 is 1.67. The first-order valence-electron chi connectivity index (χ1n) is 5.91. The molecule has 0 atom stereocenters. The number of hydrogen-bond donors (Lipinski definition) is 1. The van der Waals surface area contributed by atoms with Crippen molar-refractivity contribution >= 4 is 11.7 Å². The monoisotopic (exact) mass is 243 g/mol. The van der Waals surface area contributed by atoms with Gasteiger partial charge in [-0.25, -0.2) is 0 Å². The van der Waals surface area contributed by atoms with Gasteiger partial charge in [0.05, 0.1) is 12.1 Å². The molecule has 0 bridgehead atoms. The largest absolute Gasteiger partial charge is 0.311 e. The van der Waals surface area contributed by atoms with Crippen LogP contribution < -0.4 is 5.32 Å². The molecule has 94 valence electrons. The van der Waals surface area contributed by atoms with E-state index in [4.69, 9.17) is 0 Å². The lowest BCUT2D eigenvalue weighted by Gasteiger charge is -2.07. The highest BCUT2D eigenvalue weighted by molar-refractivity contribution is 5.91. The van der Waals surface area contributed by atoms with Crippen molar-refractivity contribution in [2.45, 2.75) is 20.3 Å². The number of hydrogen-bond acceptors (Lipinski definition) is 2. The van der Waals surface area contributed by atoms with E-state index >= 15 is 0 Å². The molecule has 2 aromatic rings. The van der Waals surface area contributed by atoms with Gasteiger partial charge in [0.1, 0.15) is 5.82 Å². The number of anilines is 1. The molecule has 0 aliphatic heterocycles. The van der Waals surface area contributed by atoms with Gasteiger partial charge < -0.3 is 5.32 Å². The van der Waals surface area contributed by atoms with Crippen LogP contribution in [0.3, 0.4) is 0 Å². The van der Waals surface area contributed by atoms with E-state index in [1.807, 2.05) is 51.2 Å². The third-order valence-corrected chi connectivity index (χ3v) is 2.88. The predicted octanol–water partition coefficient (Wildman–Crippen LogP) is 2.22. The van der Waals surface area contributed by atoms with E-state index in [2.05, 4.69) is 10.4 Å². The fourth-order valence-electron chi connectivity index (χ4n) is 1.90. The van der Waals surface area contributed by atoms with Gasteiger partial charge in [0.25, 0.3) is 0 Å². The van der Waals surface area contributed by atoms with Crippen LogP contribution in [0.4, 0.5) is 5.82 Å². The van der Waals surface area contributed by atoms with E-state index in [9.17, 15) is 4.79 Å². The van der Waals surface area contributed by atoms with E-state index in [-0.39, 0.29) is 5.91 Å². The normalized spacial score (nSPS) is 10.4. The highest BCUT2D eigenvalue weighted by atomic mass is 16.1. The zero-order valence-corrected chi connectivity index (χ0v) is 10.9. The van der Waals surface area contributed by atoms with Gasteiger partial charge >= 0.3 is 0 Å². The van der Waals surface area contributed by atoms with Crippen molar-refractivity contribution < 1.29 is 4.79 Å². The molecule has 0 unspecified atom stereocenters. The zero-order valence-electron chi connectivity index (χ0n) is 10.9. The molecule has 1 amide bonds. The van der Waals surface area contributed by atoms with Crippen LogP contribution >= 0.6 is 0 Å². The summed E-state index contributed by atoms with van der Waals surface area (Å²) in [5.74, 6) is 0.707. The summed E-state index contributed by atoms with van der Waals surface area (Å²) in [6, 6.07) is 9.76. The van der Waals surface area contributed by atoms with Crippen LogP contribution in [0.15, 0.2) is 30.3 Å². The number of aryl methyl sites for hydroxylation is 3. The van der Waals surface area contributed by atoms with E-state index < -0.39 is 0 Å². The SMILES string of the molecule is Cc1cc(NC(=O)Cc2ccccc2C)n(C)n1. The van der Waals surface area contributed by atoms with E-state index in [1.54, 1.807) is 4.68 Å². The number of benzene rings is 1. The minimum atomic E-state index is -0.0210. The Hall–Kier alpha value is -2.10. The zero-order chi connectivity index (χ0) is 13.1. The van der Waals surface area contributed by atoms with Gasteiger partial charge in [-0.05, 0) is 25.0 Å². The fourth-order valence-corrected chi connectivity index (χ4v) is 1.90. The van der Waals surface area contributed by atoms with E-state index in [0.717, 1.165) is 22.6 Å². The van der Waals surface area contributed by atoms with Crippen molar-refractivity contribution in [3.05, 3.63) is 47.2 Å². The number of amides is 1. The molecule has 1 aromatic heterocycles. The number of carbonyl (C=O) groups excluding carboxylic acids is 1. The molecular weight excluding hydrogens is 226 g/mol. The van der Waals surface area contributed by atoms with Crippen LogP contribution in [-0.4, -0.2) is 15.7 Å². The maximum atomic E-state index is 11.9. The van der Waals surface area contributed by atoms with Gasteiger partial charge in [-0.2, -0.15) is 5.10 Å². The molecule has 4 nitrogen and oxygen atoms in total. The summed E-state index contributed by atoms with van der Waals surface area (Å²) in [5.41, 5.74) is 3.08. The van der Waals surface area contributed by atoms with Crippen molar-refractivity contribution in [2.24, 2.45) is 7.05 Å². The van der Waals surface area contributed by atoms with Crippen LogP contribution in [-0.2, 0) is 18.3 Å². The lowest BCUT2D eigenvalue weighted by Crippen LogP contribution is -2.17. The number of carbonyl (C=O) groups is 1.